The van der Waals surface area contributed by atoms with Crippen LogP contribution < -0.4 is 20.7 Å². The van der Waals surface area contributed by atoms with Gasteiger partial charge in [0.15, 0.2) is 0 Å². The molecule has 1 aromatic carbocycles. The van der Waals surface area contributed by atoms with E-state index in [9.17, 15) is 9.59 Å². The second-order valence-electron chi connectivity index (χ2n) is 11.9. The predicted molar refractivity (Wildman–Crippen MR) is 158 cm³/mol. The number of carbonyl (C=O) groups excluding carboxylic acids is 2. The molecule has 0 aliphatic carbocycles. The van der Waals surface area contributed by atoms with E-state index in [4.69, 9.17) is 10.5 Å². The predicted octanol–water partition coefficient (Wildman–Crippen LogP) is 4.48. The molecule has 0 spiro atoms. The topological polar surface area (TPSA) is 114 Å². The third-order valence-corrected chi connectivity index (χ3v) is 8.42. The van der Waals surface area contributed by atoms with Crippen LogP contribution in [-0.2, 0) is 29.1 Å². The summed E-state index contributed by atoms with van der Waals surface area (Å²) in [6, 6.07) is 8.73. The van der Waals surface area contributed by atoms with Gasteiger partial charge in [-0.2, -0.15) is 9.97 Å². The van der Waals surface area contributed by atoms with Gasteiger partial charge >= 0.3 is 6.01 Å². The lowest BCUT2D eigenvalue weighted by atomic mass is 9.89. The number of nitrogens with zero attached hydrogens (tertiary/aromatic N) is 4. The van der Waals surface area contributed by atoms with E-state index in [-0.39, 0.29) is 29.7 Å². The maximum atomic E-state index is 12.8. The summed E-state index contributed by atoms with van der Waals surface area (Å²) in [4.78, 5) is 38.1. The van der Waals surface area contributed by atoms with Crippen molar-refractivity contribution in [3.05, 3.63) is 41.0 Å². The van der Waals surface area contributed by atoms with Crippen molar-refractivity contribution < 1.29 is 14.3 Å². The van der Waals surface area contributed by atoms with Gasteiger partial charge in [-0.3, -0.25) is 19.4 Å². The first-order chi connectivity index (χ1) is 19.2. The Hall–Kier alpha value is -3.20. The molecule has 2 aliphatic rings. The van der Waals surface area contributed by atoms with Crippen molar-refractivity contribution in [2.75, 3.05) is 36.9 Å². The van der Waals surface area contributed by atoms with Crippen LogP contribution >= 0.6 is 0 Å². The third-order valence-electron chi connectivity index (χ3n) is 8.42. The van der Waals surface area contributed by atoms with Crippen LogP contribution in [0.25, 0.3) is 0 Å². The number of anilines is 2. The number of hydrogen-bond acceptors (Lipinski definition) is 7. The summed E-state index contributed by atoms with van der Waals surface area (Å²) in [5, 5.41) is 3.13. The fourth-order valence-electron chi connectivity index (χ4n) is 5.17. The molecule has 40 heavy (non-hydrogen) atoms. The summed E-state index contributed by atoms with van der Waals surface area (Å²) in [5.41, 5.74) is 8.84. The van der Waals surface area contributed by atoms with Gasteiger partial charge in [0, 0.05) is 24.1 Å². The number of likely N-dealkylation sites (tertiary alicyclic amines) is 1. The highest BCUT2D eigenvalue weighted by molar-refractivity contribution is 6.01. The Bertz CT molecular complexity index is 1160. The number of rotatable bonds is 13. The second-order valence-corrected chi connectivity index (χ2v) is 11.9. The van der Waals surface area contributed by atoms with Gasteiger partial charge in [0.1, 0.15) is 11.6 Å². The maximum absolute atomic E-state index is 12.8. The summed E-state index contributed by atoms with van der Waals surface area (Å²) in [6.45, 7) is 13.0. The van der Waals surface area contributed by atoms with Crippen molar-refractivity contribution in [2.45, 2.75) is 85.7 Å². The van der Waals surface area contributed by atoms with E-state index < -0.39 is 0 Å². The molecule has 0 atom stereocenters. The Morgan fingerprint density at radius 3 is 2.42 bits per heavy atom. The molecule has 0 bridgehead atoms. The molecule has 4 rings (SSSR count). The summed E-state index contributed by atoms with van der Waals surface area (Å²) < 4.78 is 5.66. The number of unbranched alkanes of at least 4 members (excludes halogenated alkanes) is 1. The fraction of sp³-hybridized carbons (Fsp3) is 0.613. The van der Waals surface area contributed by atoms with E-state index in [2.05, 4.69) is 58.3 Å². The molecular formula is C31H46N6O3. The van der Waals surface area contributed by atoms with Crippen molar-refractivity contribution in [3.63, 3.8) is 0 Å². The third kappa shape index (κ3) is 7.50. The first kappa shape index (κ1) is 29.8. The average molecular weight is 551 g/mol. The second kappa shape index (κ2) is 13.4. The van der Waals surface area contributed by atoms with Gasteiger partial charge < -0.3 is 15.8 Å². The quantitative estimate of drug-likeness (QED) is 0.354. The Kier molecular flexibility index (Phi) is 10.0. The monoisotopic (exact) mass is 550 g/mol. The zero-order chi connectivity index (χ0) is 28.7. The Morgan fingerprint density at radius 2 is 1.77 bits per heavy atom. The van der Waals surface area contributed by atoms with Gasteiger partial charge in [0.2, 0.25) is 11.8 Å². The van der Waals surface area contributed by atoms with Crippen LogP contribution in [0.2, 0.25) is 0 Å². The Morgan fingerprint density at radius 1 is 1.10 bits per heavy atom. The number of ether oxygens (including phenoxy) is 1. The van der Waals surface area contributed by atoms with E-state index >= 15 is 0 Å². The number of amides is 2. The highest BCUT2D eigenvalue weighted by Gasteiger charge is 2.32. The molecule has 3 N–H and O–H groups in total. The van der Waals surface area contributed by atoms with Crippen molar-refractivity contribution in [1.29, 1.82) is 0 Å². The van der Waals surface area contributed by atoms with E-state index in [0.717, 1.165) is 70.3 Å². The molecule has 2 aliphatic heterocycles. The fourth-order valence-corrected chi connectivity index (χ4v) is 5.17. The van der Waals surface area contributed by atoms with E-state index in [1.807, 2.05) is 13.8 Å². The van der Waals surface area contributed by atoms with Gasteiger partial charge in [-0.25, -0.2) is 0 Å². The number of nitrogen functional groups attached to an aromatic ring is 1. The van der Waals surface area contributed by atoms with Gasteiger partial charge in [-0.15, -0.1) is 0 Å². The molecular weight excluding hydrogens is 504 g/mol. The number of hydrogen-bond donors (Lipinski definition) is 2. The number of aromatic nitrogens is 2. The summed E-state index contributed by atoms with van der Waals surface area (Å²) >= 11 is 0. The number of carbonyl (C=O) groups is 2. The highest BCUT2D eigenvalue weighted by atomic mass is 16.5. The normalized spacial score (nSPS) is 16.3. The van der Waals surface area contributed by atoms with Gasteiger partial charge in [-0.05, 0) is 62.2 Å². The Labute approximate surface area is 238 Å². The van der Waals surface area contributed by atoms with Crippen LogP contribution in [-0.4, -0.2) is 52.9 Å². The first-order valence-corrected chi connectivity index (χ1v) is 14.9. The Balaban J connectivity index is 1.25. The van der Waals surface area contributed by atoms with Gasteiger partial charge in [-0.1, -0.05) is 58.4 Å². The summed E-state index contributed by atoms with van der Waals surface area (Å²) in [5.74, 6) is 1.68. The lowest BCUT2D eigenvalue weighted by Gasteiger charge is -2.32. The summed E-state index contributed by atoms with van der Waals surface area (Å²) in [7, 11) is 0. The van der Waals surface area contributed by atoms with Crippen LogP contribution in [0.5, 0.6) is 6.01 Å². The minimum absolute atomic E-state index is 0.0257. The molecule has 0 radical (unpaired) electrons. The summed E-state index contributed by atoms with van der Waals surface area (Å²) in [6.07, 6.45) is 6.36. The molecule has 2 amide bonds. The molecule has 0 unspecified atom stereocenters. The number of benzene rings is 1. The van der Waals surface area contributed by atoms with E-state index in [1.165, 1.54) is 5.56 Å². The lowest BCUT2D eigenvalue weighted by Crippen LogP contribution is -2.38. The highest BCUT2D eigenvalue weighted by Crippen LogP contribution is 2.33. The van der Waals surface area contributed by atoms with Crippen LogP contribution in [0, 0.1) is 11.3 Å². The number of nitrogens with one attached hydrogen (secondary N) is 1. The minimum Gasteiger partial charge on any atom is -0.463 e. The molecule has 1 aromatic heterocycles. The van der Waals surface area contributed by atoms with Crippen LogP contribution in [0.15, 0.2) is 24.3 Å². The average Bonchev–Trinajstić information content (AvgIpc) is 3.26. The molecule has 9 heteroatoms. The molecule has 0 saturated carbocycles. The standard InChI is InChI=1S/C31H46N6O3/c1-5-7-18-40-30-34-27(32)25-19-26(38)37(28(25)35-30)21-24-10-8-23(9-11-24)20-36-16-13-22(14-17-36)12-15-33-29(39)31(3,4)6-2/h8-11,22H,5-7,12-21H2,1-4H3,(H,33,39)(H2,32,34,35). The van der Waals surface area contributed by atoms with Crippen molar-refractivity contribution >= 4 is 23.5 Å². The van der Waals surface area contributed by atoms with Crippen LogP contribution in [0.4, 0.5) is 11.6 Å². The van der Waals surface area contributed by atoms with Gasteiger partial charge in [0.25, 0.3) is 0 Å². The minimum atomic E-state index is -0.290. The van der Waals surface area contributed by atoms with Crippen molar-refractivity contribution in [3.8, 4) is 6.01 Å². The molecule has 9 nitrogen and oxygen atoms in total. The van der Waals surface area contributed by atoms with Crippen LogP contribution in [0.3, 0.4) is 0 Å². The maximum Gasteiger partial charge on any atom is 0.320 e. The molecule has 2 aromatic rings. The molecule has 3 heterocycles. The SMILES string of the molecule is CCCCOc1nc(N)c2c(n1)N(Cc1ccc(CN3CCC(CCNC(=O)C(C)(C)CC)CC3)cc1)C(=O)C2. The van der Waals surface area contributed by atoms with Crippen molar-refractivity contribution in [2.24, 2.45) is 11.3 Å². The smallest absolute Gasteiger partial charge is 0.320 e. The number of fused-ring (bicyclic) bond motifs is 1. The number of nitrogens with two attached hydrogens (primary N) is 1. The van der Waals surface area contributed by atoms with Crippen molar-refractivity contribution in [1.82, 2.24) is 20.2 Å². The largest absolute Gasteiger partial charge is 0.463 e. The van der Waals surface area contributed by atoms with Crippen LogP contribution in [0.1, 0.15) is 82.9 Å². The number of piperidine rings is 1. The van der Waals surface area contributed by atoms with Gasteiger partial charge in [0.05, 0.1) is 19.6 Å². The first-order valence-electron chi connectivity index (χ1n) is 14.9. The zero-order valence-corrected chi connectivity index (χ0v) is 24.7. The zero-order valence-electron chi connectivity index (χ0n) is 24.7. The molecule has 218 valence electrons. The van der Waals surface area contributed by atoms with E-state index in [0.29, 0.717) is 36.3 Å². The van der Waals surface area contributed by atoms with E-state index in [1.54, 1.807) is 4.90 Å². The molecule has 1 saturated heterocycles. The lowest BCUT2D eigenvalue weighted by molar-refractivity contribution is -0.129. The molecule has 1 fully saturated rings.